The standard InChI is InChI=1S/C12H13F3N4S/c13-12(14,15)10-3-4-19(18-10)6-9-7-20-11(17-9)5-16-8-1-2-8/h3-4,7-8,16H,1-2,5-6H2. The van der Waals surface area contributed by atoms with Gasteiger partial charge in [0.2, 0.25) is 0 Å². The topological polar surface area (TPSA) is 42.7 Å². The third kappa shape index (κ3) is 3.37. The Hall–Kier alpha value is -1.41. The van der Waals surface area contributed by atoms with Crippen LogP contribution in [0.5, 0.6) is 0 Å². The lowest BCUT2D eigenvalue weighted by Gasteiger charge is -2.01. The molecule has 0 radical (unpaired) electrons. The Bertz CT molecular complexity index is 586. The summed E-state index contributed by atoms with van der Waals surface area (Å²) < 4.78 is 38.5. The zero-order valence-corrected chi connectivity index (χ0v) is 11.3. The molecule has 1 aliphatic carbocycles. The molecule has 0 aromatic carbocycles. The molecule has 2 aromatic heterocycles. The molecule has 108 valence electrons. The maximum absolute atomic E-state index is 12.4. The number of nitrogens with zero attached hydrogens (tertiary/aromatic N) is 3. The first kappa shape index (κ1) is 13.6. The zero-order valence-electron chi connectivity index (χ0n) is 10.5. The minimum atomic E-state index is -4.40. The summed E-state index contributed by atoms with van der Waals surface area (Å²) in [6.45, 7) is 0.984. The van der Waals surface area contributed by atoms with Crippen LogP contribution in [0.2, 0.25) is 0 Å². The number of alkyl halides is 3. The maximum atomic E-state index is 12.4. The Morgan fingerprint density at radius 2 is 2.20 bits per heavy atom. The molecule has 4 nitrogen and oxygen atoms in total. The maximum Gasteiger partial charge on any atom is 0.435 e. The van der Waals surface area contributed by atoms with Crippen LogP contribution in [0.1, 0.15) is 29.2 Å². The summed E-state index contributed by atoms with van der Waals surface area (Å²) in [5.74, 6) is 0. The molecule has 0 bridgehead atoms. The van der Waals surface area contributed by atoms with Crippen LogP contribution < -0.4 is 5.32 Å². The third-order valence-electron chi connectivity index (χ3n) is 2.97. The predicted octanol–water partition coefficient (Wildman–Crippen LogP) is 2.66. The Morgan fingerprint density at radius 3 is 2.85 bits per heavy atom. The van der Waals surface area contributed by atoms with E-state index in [2.05, 4.69) is 15.4 Å². The molecule has 0 amide bonds. The molecule has 8 heteroatoms. The number of hydrogen-bond donors (Lipinski definition) is 1. The van der Waals surface area contributed by atoms with Crippen molar-refractivity contribution in [2.24, 2.45) is 0 Å². The van der Waals surface area contributed by atoms with Gasteiger partial charge in [0.05, 0.1) is 12.2 Å². The van der Waals surface area contributed by atoms with E-state index in [0.717, 1.165) is 23.3 Å². The number of nitrogens with one attached hydrogen (secondary N) is 1. The van der Waals surface area contributed by atoms with Crippen molar-refractivity contribution in [3.63, 3.8) is 0 Å². The molecule has 0 spiro atoms. The molecule has 3 rings (SSSR count). The first-order chi connectivity index (χ1) is 9.50. The van der Waals surface area contributed by atoms with E-state index in [1.54, 1.807) is 0 Å². The highest BCUT2D eigenvalue weighted by Crippen LogP contribution is 2.27. The molecule has 2 heterocycles. The lowest BCUT2D eigenvalue weighted by molar-refractivity contribution is -0.141. The van der Waals surface area contributed by atoms with Crippen LogP contribution in [0.3, 0.4) is 0 Å². The summed E-state index contributed by atoms with van der Waals surface area (Å²) in [7, 11) is 0. The van der Waals surface area contributed by atoms with Crippen molar-refractivity contribution in [3.8, 4) is 0 Å². The van der Waals surface area contributed by atoms with Crippen molar-refractivity contribution in [1.82, 2.24) is 20.1 Å². The SMILES string of the molecule is FC(F)(F)c1ccn(Cc2csc(CNC3CC3)n2)n1. The minimum absolute atomic E-state index is 0.260. The van der Waals surface area contributed by atoms with E-state index < -0.39 is 11.9 Å². The zero-order chi connectivity index (χ0) is 14.2. The van der Waals surface area contributed by atoms with Crippen molar-refractivity contribution in [2.75, 3.05) is 0 Å². The van der Waals surface area contributed by atoms with E-state index >= 15 is 0 Å². The summed E-state index contributed by atoms with van der Waals surface area (Å²) in [6.07, 6.45) is -0.644. The van der Waals surface area contributed by atoms with Gasteiger partial charge in [0.25, 0.3) is 0 Å². The van der Waals surface area contributed by atoms with Crippen molar-refractivity contribution >= 4 is 11.3 Å². The van der Waals surface area contributed by atoms with Gasteiger partial charge in [-0.15, -0.1) is 11.3 Å². The van der Waals surface area contributed by atoms with E-state index in [0.29, 0.717) is 6.04 Å². The summed E-state index contributed by atoms with van der Waals surface area (Å²) in [5, 5.41) is 9.68. The van der Waals surface area contributed by atoms with Crippen molar-refractivity contribution < 1.29 is 13.2 Å². The Kier molecular flexibility index (Phi) is 3.51. The number of hydrogen-bond acceptors (Lipinski definition) is 4. The molecule has 0 aliphatic heterocycles. The molecule has 2 aromatic rings. The van der Waals surface area contributed by atoms with Gasteiger partial charge in [0, 0.05) is 24.2 Å². The van der Waals surface area contributed by atoms with Crippen molar-refractivity contribution in [1.29, 1.82) is 0 Å². The van der Waals surface area contributed by atoms with Crippen LogP contribution in [-0.2, 0) is 19.3 Å². The average molecular weight is 302 g/mol. The van der Waals surface area contributed by atoms with E-state index in [-0.39, 0.29) is 6.54 Å². The van der Waals surface area contributed by atoms with Gasteiger partial charge in [-0.2, -0.15) is 18.3 Å². The fourth-order valence-electron chi connectivity index (χ4n) is 1.79. The summed E-state index contributed by atoms with van der Waals surface area (Å²) in [4.78, 5) is 4.39. The molecular formula is C12H13F3N4S. The smallest absolute Gasteiger partial charge is 0.308 e. The van der Waals surface area contributed by atoms with E-state index in [1.807, 2.05) is 5.38 Å². The fraction of sp³-hybridized carbons (Fsp3) is 0.500. The fourth-order valence-corrected chi connectivity index (χ4v) is 2.52. The highest BCUT2D eigenvalue weighted by Gasteiger charge is 2.33. The second kappa shape index (κ2) is 5.17. The number of rotatable bonds is 5. The summed E-state index contributed by atoms with van der Waals surface area (Å²) >= 11 is 1.51. The van der Waals surface area contributed by atoms with E-state index in [9.17, 15) is 13.2 Å². The average Bonchev–Trinajstić information content (AvgIpc) is 2.89. The lowest BCUT2D eigenvalue weighted by atomic mass is 10.4. The van der Waals surface area contributed by atoms with Crippen molar-refractivity contribution in [3.05, 3.63) is 34.0 Å². The second-order valence-corrected chi connectivity index (χ2v) is 5.73. The van der Waals surface area contributed by atoms with E-state index in [4.69, 9.17) is 0 Å². The predicted molar refractivity (Wildman–Crippen MR) is 68.3 cm³/mol. The van der Waals surface area contributed by atoms with E-state index in [1.165, 1.54) is 35.1 Å². The molecule has 1 fully saturated rings. The summed E-state index contributed by atoms with van der Waals surface area (Å²) in [5.41, 5.74) is -0.136. The summed E-state index contributed by atoms with van der Waals surface area (Å²) in [6, 6.07) is 1.59. The molecule has 1 N–H and O–H groups in total. The van der Waals surface area contributed by atoms with Crippen LogP contribution in [0.15, 0.2) is 17.6 Å². The van der Waals surface area contributed by atoms with Gasteiger partial charge >= 0.3 is 6.18 Å². The minimum Gasteiger partial charge on any atom is -0.308 e. The highest BCUT2D eigenvalue weighted by molar-refractivity contribution is 7.09. The van der Waals surface area contributed by atoms with Gasteiger partial charge in [0.1, 0.15) is 5.01 Å². The van der Waals surface area contributed by atoms with Gasteiger partial charge in [0.15, 0.2) is 5.69 Å². The van der Waals surface area contributed by atoms with Crippen LogP contribution in [0, 0.1) is 0 Å². The largest absolute Gasteiger partial charge is 0.435 e. The van der Waals surface area contributed by atoms with Crippen LogP contribution in [0.25, 0.3) is 0 Å². The highest BCUT2D eigenvalue weighted by atomic mass is 32.1. The van der Waals surface area contributed by atoms with Crippen LogP contribution in [0.4, 0.5) is 13.2 Å². The molecule has 1 aliphatic rings. The molecule has 0 saturated heterocycles. The van der Waals surface area contributed by atoms with Crippen LogP contribution in [-0.4, -0.2) is 20.8 Å². The monoisotopic (exact) mass is 302 g/mol. The molecule has 0 unspecified atom stereocenters. The van der Waals surface area contributed by atoms with Gasteiger partial charge in [-0.05, 0) is 18.9 Å². The molecule has 20 heavy (non-hydrogen) atoms. The normalized spacial score (nSPS) is 15.8. The Balaban J connectivity index is 1.60. The third-order valence-corrected chi connectivity index (χ3v) is 3.87. The van der Waals surface area contributed by atoms with Crippen LogP contribution >= 0.6 is 11.3 Å². The van der Waals surface area contributed by atoms with Crippen molar-refractivity contribution in [2.45, 2.75) is 38.1 Å². The molecule has 0 atom stereocenters. The van der Waals surface area contributed by atoms with Gasteiger partial charge in [-0.1, -0.05) is 0 Å². The van der Waals surface area contributed by atoms with Gasteiger partial charge < -0.3 is 5.32 Å². The second-order valence-electron chi connectivity index (χ2n) is 4.78. The number of thiazole rings is 1. The first-order valence-corrected chi connectivity index (χ1v) is 7.16. The molecule has 1 saturated carbocycles. The van der Waals surface area contributed by atoms with Gasteiger partial charge in [-0.25, -0.2) is 4.98 Å². The Labute approximate surface area is 117 Å². The molecular weight excluding hydrogens is 289 g/mol. The number of aromatic nitrogens is 3. The quantitative estimate of drug-likeness (QED) is 0.923. The first-order valence-electron chi connectivity index (χ1n) is 6.28. The lowest BCUT2D eigenvalue weighted by Crippen LogP contribution is -2.15. The Morgan fingerprint density at radius 1 is 1.40 bits per heavy atom. The number of halogens is 3. The van der Waals surface area contributed by atoms with Gasteiger partial charge in [-0.3, -0.25) is 4.68 Å².